The van der Waals surface area contributed by atoms with E-state index in [4.69, 9.17) is 0 Å². The molecule has 6 heteroatoms. The summed E-state index contributed by atoms with van der Waals surface area (Å²) in [6.07, 6.45) is 0.205. The Kier molecular flexibility index (Phi) is 7.05. The Morgan fingerprint density at radius 2 is 1.47 bits per heavy atom. The minimum atomic E-state index is -0.372. The fraction of sp³-hybridized carbons (Fsp3) is 0.125. The lowest BCUT2D eigenvalue weighted by Gasteiger charge is -2.06. The molecule has 0 aliphatic carbocycles. The number of carbonyl (C=O) groups excluding carboxylic acids is 2. The van der Waals surface area contributed by atoms with Crippen molar-refractivity contribution >= 4 is 23.2 Å². The average Bonchev–Trinajstić information content (AvgIpc) is 2.75. The van der Waals surface area contributed by atoms with Gasteiger partial charge in [0.25, 0.3) is 0 Å². The normalized spacial score (nSPS) is 11.1. The zero-order valence-electron chi connectivity index (χ0n) is 16.6. The first kappa shape index (κ1) is 20.9. The van der Waals surface area contributed by atoms with Crippen LogP contribution < -0.4 is 10.7 Å². The number of hydrogen-bond donors (Lipinski definition) is 2. The van der Waals surface area contributed by atoms with Crippen molar-refractivity contribution in [1.82, 2.24) is 5.43 Å². The second-order valence-corrected chi connectivity index (χ2v) is 6.85. The van der Waals surface area contributed by atoms with Crippen molar-refractivity contribution in [1.29, 1.82) is 0 Å². The predicted octanol–water partition coefficient (Wildman–Crippen LogP) is 4.56. The minimum Gasteiger partial charge on any atom is -0.326 e. The predicted molar refractivity (Wildman–Crippen MR) is 116 cm³/mol. The van der Waals surface area contributed by atoms with Crippen molar-refractivity contribution in [2.45, 2.75) is 19.8 Å². The third-order valence-electron chi connectivity index (χ3n) is 4.34. The van der Waals surface area contributed by atoms with E-state index in [0.717, 1.165) is 16.7 Å². The molecule has 0 saturated heterocycles. The van der Waals surface area contributed by atoms with Crippen LogP contribution in [-0.2, 0) is 16.0 Å². The Morgan fingerprint density at radius 3 is 2.13 bits per heavy atom. The number of hydrogen-bond acceptors (Lipinski definition) is 3. The molecule has 0 heterocycles. The summed E-state index contributed by atoms with van der Waals surface area (Å²) in [5, 5.41) is 6.62. The molecule has 5 nitrogen and oxygen atoms in total. The number of hydrazone groups is 1. The Bertz CT molecular complexity index is 1030. The molecule has 0 fully saturated rings. The van der Waals surface area contributed by atoms with E-state index >= 15 is 0 Å². The number of nitrogens with one attached hydrogen (secondary N) is 2. The molecule has 3 aromatic rings. The van der Waals surface area contributed by atoms with Crippen molar-refractivity contribution in [3.63, 3.8) is 0 Å². The lowest BCUT2D eigenvalue weighted by molar-refractivity contribution is -0.120. The molecule has 0 atom stereocenters. The van der Waals surface area contributed by atoms with Crippen molar-refractivity contribution in [2.75, 3.05) is 5.32 Å². The first-order chi connectivity index (χ1) is 14.5. The van der Waals surface area contributed by atoms with Gasteiger partial charge in [-0.15, -0.1) is 0 Å². The third kappa shape index (κ3) is 6.38. The quantitative estimate of drug-likeness (QED) is 0.449. The van der Waals surface area contributed by atoms with E-state index in [0.29, 0.717) is 11.4 Å². The van der Waals surface area contributed by atoms with E-state index in [1.165, 1.54) is 24.3 Å². The third-order valence-corrected chi connectivity index (χ3v) is 4.34. The number of halogens is 1. The van der Waals surface area contributed by atoms with Crippen molar-refractivity contribution in [2.24, 2.45) is 5.10 Å². The van der Waals surface area contributed by atoms with E-state index in [1.54, 1.807) is 6.92 Å². The van der Waals surface area contributed by atoms with E-state index in [9.17, 15) is 14.0 Å². The highest BCUT2D eigenvalue weighted by molar-refractivity contribution is 6.05. The number of benzene rings is 3. The summed E-state index contributed by atoms with van der Waals surface area (Å²) in [5.74, 6) is -0.933. The summed E-state index contributed by atoms with van der Waals surface area (Å²) < 4.78 is 12.9. The van der Waals surface area contributed by atoms with Crippen LogP contribution in [0.5, 0.6) is 0 Å². The summed E-state index contributed by atoms with van der Waals surface area (Å²) in [6.45, 7) is 1.65. The summed E-state index contributed by atoms with van der Waals surface area (Å²) in [6, 6.07) is 23.3. The van der Waals surface area contributed by atoms with Gasteiger partial charge in [-0.2, -0.15) is 5.10 Å². The van der Waals surface area contributed by atoms with Crippen LogP contribution in [0.3, 0.4) is 0 Å². The molecular formula is C24H22FN3O2. The molecule has 3 rings (SSSR count). The molecule has 2 N–H and O–H groups in total. The van der Waals surface area contributed by atoms with Gasteiger partial charge in [0.15, 0.2) is 0 Å². The molecule has 0 aromatic heterocycles. The van der Waals surface area contributed by atoms with Gasteiger partial charge in [0.05, 0.1) is 12.8 Å². The van der Waals surface area contributed by atoms with Gasteiger partial charge in [-0.1, -0.05) is 54.6 Å². The lowest BCUT2D eigenvalue weighted by atomic mass is 10.0. The van der Waals surface area contributed by atoms with Gasteiger partial charge < -0.3 is 5.32 Å². The molecular weight excluding hydrogens is 381 g/mol. The van der Waals surface area contributed by atoms with Crippen LogP contribution in [0.25, 0.3) is 11.1 Å². The van der Waals surface area contributed by atoms with E-state index < -0.39 is 0 Å². The van der Waals surface area contributed by atoms with Crippen molar-refractivity contribution in [3.05, 3.63) is 90.2 Å². The topological polar surface area (TPSA) is 70.6 Å². The highest BCUT2D eigenvalue weighted by Crippen LogP contribution is 2.19. The first-order valence-electron chi connectivity index (χ1n) is 9.51. The van der Waals surface area contributed by atoms with Crippen LogP contribution in [-0.4, -0.2) is 17.5 Å². The molecule has 0 spiro atoms. The van der Waals surface area contributed by atoms with Gasteiger partial charge in [-0.3, -0.25) is 9.59 Å². The number of nitrogens with zero attached hydrogens (tertiary/aromatic N) is 1. The van der Waals surface area contributed by atoms with Crippen LogP contribution in [0.1, 0.15) is 18.9 Å². The molecule has 0 radical (unpaired) electrons. The minimum absolute atomic E-state index is 0.0173. The Labute approximate surface area is 174 Å². The van der Waals surface area contributed by atoms with Crippen LogP contribution in [0.15, 0.2) is 84.0 Å². The van der Waals surface area contributed by atoms with Gasteiger partial charge in [0.1, 0.15) is 5.82 Å². The fourth-order valence-corrected chi connectivity index (χ4v) is 2.84. The van der Waals surface area contributed by atoms with Crippen LogP contribution in [0.2, 0.25) is 0 Å². The van der Waals surface area contributed by atoms with Gasteiger partial charge >= 0.3 is 0 Å². The van der Waals surface area contributed by atoms with Crippen molar-refractivity contribution < 1.29 is 14.0 Å². The summed E-state index contributed by atoms with van der Waals surface area (Å²) in [7, 11) is 0. The van der Waals surface area contributed by atoms with Gasteiger partial charge in [0.2, 0.25) is 11.8 Å². The first-order valence-corrected chi connectivity index (χ1v) is 9.51. The highest BCUT2D eigenvalue weighted by atomic mass is 19.1. The summed E-state index contributed by atoms with van der Waals surface area (Å²) in [5.41, 5.74) is 6.50. The lowest BCUT2D eigenvalue weighted by Crippen LogP contribution is -2.22. The van der Waals surface area contributed by atoms with E-state index in [2.05, 4.69) is 15.8 Å². The molecule has 30 heavy (non-hydrogen) atoms. The maximum atomic E-state index is 12.9. The maximum absolute atomic E-state index is 12.9. The molecule has 0 aliphatic rings. The molecule has 2 amide bonds. The zero-order chi connectivity index (χ0) is 21.3. The number of anilines is 1. The fourth-order valence-electron chi connectivity index (χ4n) is 2.84. The SMILES string of the molecule is C/C(CC(=O)Nc1ccc(F)cc1)=N\NC(=O)Cc1ccc(-c2ccccc2)cc1. The second kappa shape index (κ2) is 10.1. The van der Waals surface area contributed by atoms with E-state index in [-0.39, 0.29) is 30.5 Å². The Balaban J connectivity index is 1.47. The van der Waals surface area contributed by atoms with E-state index in [1.807, 2.05) is 54.6 Å². The second-order valence-electron chi connectivity index (χ2n) is 6.85. The maximum Gasteiger partial charge on any atom is 0.244 e. The van der Waals surface area contributed by atoms with Crippen LogP contribution in [0, 0.1) is 5.82 Å². The standard InChI is InChI=1S/C24H22FN3O2/c1-17(15-23(29)26-22-13-11-21(25)12-14-22)27-28-24(30)16-18-7-9-20(10-8-18)19-5-3-2-4-6-19/h2-14H,15-16H2,1H3,(H,26,29)(H,28,30)/b27-17+. The summed E-state index contributed by atoms with van der Waals surface area (Å²) in [4.78, 5) is 24.1. The van der Waals surface area contributed by atoms with Gasteiger partial charge in [0, 0.05) is 11.4 Å². The number of carbonyl (C=O) groups is 2. The number of rotatable bonds is 7. The molecule has 0 saturated carbocycles. The molecule has 0 unspecified atom stereocenters. The Morgan fingerprint density at radius 1 is 0.833 bits per heavy atom. The zero-order valence-corrected chi connectivity index (χ0v) is 16.6. The molecule has 0 aliphatic heterocycles. The monoisotopic (exact) mass is 403 g/mol. The number of amides is 2. The van der Waals surface area contributed by atoms with Crippen LogP contribution in [0.4, 0.5) is 10.1 Å². The molecule has 152 valence electrons. The average molecular weight is 403 g/mol. The smallest absolute Gasteiger partial charge is 0.244 e. The van der Waals surface area contributed by atoms with Crippen molar-refractivity contribution in [3.8, 4) is 11.1 Å². The highest BCUT2D eigenvalue weighted by Gasteiger charge is 2.07. The Hall–Kier alpha value is -3.80. The van der Waals surface area contributed by atoms with Gasteiger partial charge in [-0.05, 0) is 47.9 Å². The molecule has 0 bridgehead atoms. The van der Waals surface area contributed by atoms with Gasteiger partial charge in [-0.25, -0.2) is 9.82 Å². The van der Waals surface area contributed by atoms with Crippen LogP contribution >= 0.6 is 0 Å². The summed E-state index contributed by atoms with van der Waals surface area (Å²) >= 11 is 0. The molecule has 3 aromatic carbocycles. The largest absolute Gasteiger partial charge is 0.326 e.